The van der Waals surface area contributed by atoms with Gasteiger partial charge in [0.05, 0.1) is 26.4 Å². The van der Waals surface area contributed by atoms with Gasteiger partial charge < -0.3 is 19.1 Å². The first-order valence-electron chi connectivity index (χ1n) is 8.08. The monoisotopic (exact) mass is 330 g/mol. The standard InChI is InChI=1S/C18H22N2O4/c1-3-23-16-6-5-14(12-17(16)24-4-2)11-15(13-19)18(21)20-7-9-22-10-8-20/h5-6,11-12H,3-4,7-10H2,1-2H3/b15-11+. The second-order valence-corrected chi connectivity index (χ2v) is 5.15. The zero-order valence-electron chi connectivity index (χ0n) is 14.1. The number of nitriles is 1. The van der Waals surface area contributed by atoms with Crippen molar-refractivity contribution in [3.05, 3.63) is 29.3 Å². The number of hydrogen-bond donors (Lipinski definition) is 0. The van der Waals surface area contributed by atoms with Gasteiger partial charge in [-0.3, -0.25) is 4.79 Å². The summed E-state index contributed by atoms with van der Waals surface area (Å²) in [5, 5.41) is 9.35. The highest BCUT2D eigenvalue weighted by molar-refractivity contribution is 6.01. The molecule has 2 rings (SSSR count). The van der Waals surface area contributed by atoms with Crippen molar-refractivity contribution in [2.24, 2.45) is 0 Å². The van der Waals surface area contributed by atoms with Crippen molar-refractivity contribution >= 4 is 12.0 Å². The first-order valence-corrected chi connectivity index (χ1v) is 8.08. The van der Waals surface area contributed by atoms with Crippen LogP contribution >= 0.6 is 0 Å². The summed E-state index contributed by atoms with van der Waals surface area (Å²) >= 11 is 0. The minimum atomic E-state index is -0.271. The van der Waals surface area contributed by atoms with Crippen molar-refractivity contribution in [3.8, 4) is 17.6 Å². The summed E-state index contributed by atoms with van der Waals surface area (Å²) in [5.41, 5.74) is 0.823. The number of morpholine rings is 1. The molecule has 0 unspecified atom stereocenters. The van der Waals surface area contributed by atoms with E-state index >= 15 is 0 Å². The number of ether oxygens (including phenoxy) is 3. The van der Waals surface area contributed by atoms with Crippen molar-refractivity contribution in [3.63, 3.8) is 0 Å². The minimum Gasteiger partial charge on any atom is -0.490 e. The van der Waals surface area contributed by atoms with Crippen LogP contribution in [0.1, 0.15) is 19.4 Å². The van der Waals surface area contributed by atoms with Gasteiger partial charge >= 0.3 is 0 Å². The molecule has 1 heterocycles. The molecular weight excluding hydrogens is 308 g/mol. The lowest BCUT2D eigenvalue weighted by Gasteiger charge is -2.26. The maximum Gasteiger partial charge on any atom is 0.264 e. The van der Waals surface area contributed by atoms with Gasteiger partial charge in [0.25, 0.3) is 5.91 Å². The smallest absolute Gasteiger partial charge is 0.264 e. The minimum absolute atomic E-state index is 0.100. The quantitative estimate of drug-likeness (QED) is 0.591. The van der Waals surface area contributed by atoms with E-state index in [1.54, 1.807) is 29.2 Å². The van der Waals surface area contributed by atoms with E-state index in [1.807, 2.05) is 19.9 Å². The lowest BCUT2D eigenvalue weighted by atomic mass is 10.1. The molecule has 0 atom stereocenters. The van der Waals surface area contributed by atoms with Crippen LogP contribution in [0.4, 0.5) is 0 Å². The van der Waals surface area contributed by atoms with Crippen LogP contribution in [-0.4, -0.2) is 50.3 Å². The number of amides is 1. The molecule has 0 aliphatic carbocycles. The molecule has 1 aliphatic rings. The van der Waals surface area contributed by atoms with E-state index in [2.05, 4.69) is 0 Å². The van der Waals surface area contributed by atoms with E-state index in [4.69, 9.17) is 14.2 Å². The number of carbonyl (C=O) groups excluding carboxylic acids is 1. The number of nitrogens with zero attached hydrogens (tertiary/aromatic N) is 2. The summed E-state index contributed by atoms with van der Waals surface area (Å²) in [4.78, 5) is 14.1. The molecule has 1 amide bonds. The number of hydrogen-bond acceptors (Lipinski definition) is 5. The Labute approximate surface area is 142 Å². The average molecular weight is 330 g/mol. The van der Waals surface area contributed by atoms with Crippen molar-refractivity contribution < 1.29 is 19.0 Å². The molecule has 0 aromatic heterocycles. The van der Waals surface area contributed by atoms with Crippen LogP contribution in [0.2, 0.25) is 0 Å². The highest BCUT2D eigenvalue weighted by Crippen LogP contribution is 2.29. The maximum atomic E-state index is 12.4. The third-order valence-electron chi connectivity index (χ3n) is 3.53. The van der Waals surface area contributed by atoms with Crippen molar-refractivity contribution in [1.82, 2.24) is 4.90 Å². The van der Waals surface area contributed by atoms with Crippen molar-refractivity contribution in [2.45, 2.75) is 13.8 Å². The molecule has 128 valence electrons. The highest BCUT2D eigenvalue weighted by Gasteiger charge is 2.20. The van der Waals surface area contributed by atoms with Gasteiger partial charge in [-0.05, 0) is 37.6 Å². The summed E-state index contributed by atoms with van der Waals surface area (Å²) in [6.45, 7) is 6.85. The fourth-order valence-electron chi connectivity index (χ4n) is 2.40. The molecule has 1 saturated heterocycles. The van der Waals surface area contributed by atoms with E-state index in [-0.39, 0.29) is 11.5 Å². The first-order chi connectivity index (χ1) is 11.7. The molecule has 24 heavy (non-hydrogen) atoms. The topological polar surface area (TPSA) is 71.8 Å². The van der Waals surface area contributed by atoms with Gasteiger partial charge in [-0.25, -0.2) is 0 Å². The Morgan fingerprint density at radius 1 is 1.25 bits per heavy atom. The maximum absolute atomic E-state index is 12.4. The van der Waals surface area contributed by atoms with Crippen LogP contribution in [-0.2, 0) is 9.53 Å². The Kier molecular flexibility index (Phi) is 6.64. The Morgan fingerprint density at radius 3 is 2.54 bits per heavy atom. The van der Waals surface area contributed by atoms with Crippen LogP contribution in [0.5, 0.6) is 11.5 Å². The highest BCUT2D eigenvalue weighted by atomic mass is 16.5. The summed E-state index contributed by atoms with van der Waals surface area (Å²) in [6, 6.07) is 7.36. The van der Waals surface area contributed by atoms with Gasteiger partial charge in [0.1, 0.15) is 11.6 Å². The summed E-state index contributed by atoms with van der Waals surface area (Å²) in [7, 11) is 0. The zero-order valence-corrected chi connectivity index (χ0v) is 14.1. The SMILES string of the molecule is CCOc1ccc(/C=C(\C#N)C(=O)N2CCOCC2)cc1OCC. The summed E-state index contributed by atoms with van der Waals surface area (Å²) in [5.74, 6) is 0.978. The van der Waals surface area contributed by atoms with Crippen LogP contribution < -0.4 is 9.47 Å². The number of benzene rings is 1. The van der Waals surface area contributed by atoms with E-state index < -0.39 is 0 Å². The fraction of sp³-hybridized carbons (Fsp3) is 0.444. The van der Waals surface area contributed by atoms with Crippen LogP contribution in [0, 0.1) is 11.3 Å². The fourth-order valence-corrected chi connectivity index (χ4v) is 2.40. The molecular formula is C18H22N2O4. The third-order valence-corrected chi connectivity index (χ3v) is 3.53. The second-order valence-electron chi connectivity index (χ2n) is 5.15. The Balaban J connectivity index is 2.24. The van der Waals surface area contributed by atoms with E-state index in [0.29, 0.717) is 51.0 Å². The van der Waals surface area contributed by atoms with Crippen LogP contribution in [0.3, 0.4) is 0 Å². The largest absolute Gasteiger partial charge is 0.490 e. The van der Waals surface area contributed by atoms with Gasteiger partial charge in [0.15, 0.2) is 11.5 Å². The van der Waals surface area contributed by atoms with E-state index in [9.17, 15) is 10.1 Å². The van der Waals surface area contributed by atoms with Gasteiger partial charge in [0, 0.05) is 13.1 Å². The summed E-state index contributed by atoms with van der Waals surface area (Å²) < 4.78 is 16.3. The normalized spacial score (nSPS) is 14.9. The van der Waals surface area contributed by atoms with Crippen molar-refractivity contribution in [2.75, 3.05) is 39.5 Å². The van der Waals surface area contributed by atoms with Gasteiger partial charge in [-0.2, -0.15) is 5.26 Å². The molecule has 0 saturated carbocycles. The zero-order chi connectivity index (χ0) is 17.4. The first kappa shape index (κ1) is 17.8. The van der Waals surface area contributed by atoms with Gasteiger partial charge in [0.2, 0.25) is 0 Å². The molecule has 0 bridgehead atoms. The lowest BCUT2D eigenvalue weighted by molar-refractivity contribution is -0.130. The van der Waals surface area contributed by atoms with E-state index in [0.717, 1.165) is 5.56 Å². The van der Waals surface area contributed by atoms with Crippen molar-refractivity contribution in [1.29, 1.82) is 5.26 Å². The van der Waals surface area contributed by atoms with Gasteiger partial charge in [-0.15, -0.1) is 0 Å². The molecule has 1 aliphatic heterocycles. The molecule has 1 fully saturated rings. The Morgan fingerprint density at radius 2 is 1.92 bits per heavy atom. The van der Waals surface area contributed by atoms with E-state index in [1.165, 1.54) is 0 Å². The van der Waals surface area contributed by atoms with Crippen LogP contribution in [0.15, 0.2) is 23.8 Å². The molecule has 6 heteroatoms. The number of carbonyl (C=O) groups is 1. The molecule has 6 nitrogen and oxygen atoms in total. The second kappa shape index (κ2) is 8.94. The predicted octanol–water partition coefficient (Wildman–Crippen LogP) is 2.25. The van der Waals surface area contributed by atoms with Gasteiger partial charge in [-0.1, -0.05) is 6.07 Å². The molecule has 1 aromatic carbocycles. The molecule has 0 N–H and O–H groups in total. The Hall–Kier alpha value is -2.52. The third kappa shape index (κ3) is 4.49. The average Bonchev–Trinajstić information content (AvgIpc) is 2.62. The summed E-state index contributed by atoms with van der Waals surface area (Å²) in [6.07, 6.45) is 1.58. The molecule has 1 aromatic rings. The van der Waals surface area contributed by atoms with Crippen LogP contribution in [0.25, 0.3) is 6.08 Å². The molecule has 0 radical (unpaired) electrons. The molecule has 0 spiro atoms. The number of rotatable bonds is 6. The Bertz CT molecular complexity index is 643. The lowest BCUT2D eigenvalue weighted by Crippen LogP contribution is -2.41. The predicted molar refractivity (Wildman–Crippen MR) is 89.8 cm³/mol.